The Morgan fingerprint density at radius 2 is 1.95 bits per heavy atom. The molecule has 0 aliphatic heterocycles. The third-order valence-electron chi connectivity index (χ3n) is 3.08. The number of nitrogens with one attached hydrogen (secondary N) is 1. The van der Waals surface area contributed by atoms with E-state index < -0.39 is 11.7 Å². The number of carbonyl (C=O) groups is 1. The molecule has 0 heterocycles. The normalized spacial score (nSPS) is 10.3. The van der Waals surface area contributed by atoms with Crippen LogP contribution in [0.3, 0.4) is 0 Å². The second-order valence-corrected chi connectivity index (χ2v) is 4.56. The van der Waals surface area contributed by atoms with Gasteiger partial charge in [0.25, 0.3) is 5.91 Å². The van der Waals surface area contributed by atoms with Crippen LogP contribution in [0.4, 0.5) is 15.8 Å². The molecule has 0 aromatic heterocycles. The molecule has 0 unspecified atom stereocenters. The molecular formula is C16H17FN2O. The first-order chi connectivity index (χ1) is 9.63. The number of hydrogen-bond acceptors (Lipinski definition) is 2. The molecule has 20 heavy (non-hydrogen) atoms. The van der Waals surface area contributed by atoms with E-state index >= 15 is 0 Å². The number of rotatable bonds is 4. The fourth-order valence-corrected chi connectivity index (χ4v) is 2.05. The zero-order chi connectivity index (χ0) is 14.5. The molecule has 2 aromatic rings. The van der Waals surface area contributed by atoms with Crippen LogP contribution >= 0.6 is 0 Å². The van der Waals surface area contributed by atoms with Gasteiger partial charge < -0.3 is 11.1 Å². The monoisotopic (exact) mass is 272 g/mol. The van der Waals surface area contributed by atoms with E-state index in [1.165, 1.54) is 18.2 Å². The van der Waals surface area contributed by atoms with Gasteiger partial charge in [-0.2, -0.15) is 0 Å². The Labute approximate surface area is 117 Å². The van der Waals surface area contributed by atoms with Gasteiger partial charge in [-0.15, -0.1) is 0 Å². The quantitative estimate of drug-likeness (QED) is 0.835. The van der Waals surface area contributed by atoms with E-state index in [-0.39, 0.29) is 11.3 Å². The van der Waals surface area contributed by atoms with E-state index in [9.17, 15) is 9.18 Å². The average molecular weight is 272 g/mol. The Kier molecular flexibility index (Phi) is 4.35. The van der Waals surface area contributed by atoms with E-state index in [4.69, 9.17) is 5.73 Å². The number of aryl methyl sites for hydroxylation is 1. The Bertz CT molecular complexity index is 626. The van der Waals surface area contributed by atoms with E-state index in [2.05, 4.69) is 12.2 Å². The highest BCUT2D eigenvalue weighted by Crippen LogP contribution is 2.21. The van der Waals surface area contributed by atoms with Crippen LogP contribution in [0, 0.1) is 5.82 Å². The maximum Gasteiger partial charge on any atom is 0.257 e. The molecule has 0 atom stereocenters. The van der Waals surface area contributed by atoms with Crippen LogP contribution in [0.1, 0.15) is 29.3 Å². The minimum Gasteiger partial charge on any atom is -0.396 e. The zero-order valence-corrected chi connectivity index (χ0v) is 11.3. The number of benzene rings is 2. The number of para-hydroxylation sites is 2. The summed E-state index contributed by atoms with van der Waals surface area (Å²) in [6, 6.07) is 11.8. The zero-order valence-electron chi connectivity index (χ0n) is 11.3. The van der Waals surface area contributed by atoms with E-state index in [1.807, 2.05) is 24.3 Å². The van der Waals surface area contributed by atoms with Gasteiger partial charge in [-0.25, -0.2) is 4.39 Å². The van der Waals surface area contributed by atoms with Crippen molar-refractivity contribution in [2.24, 2.45) is 0 Å². The lowest BCUT2D eigenvalue weighted by Crippen LogP contribution is -2.15. The Morgan fingerprint density at radius 3 is 2.70 bits per heavy atom. The van der Waals surface area contributed by atoms with E-state index in [1.54, 1.807) is 0 Å². The van der Waals surface area contributed by atoms with Gasteiger partial charge in [-0.05, 0) is 30.2 Å². The summed E-state index contributed by atoms with van der Waals surface area (Å²) < 4.78 is 13.4. The van der Waals surface area contributed by atoms with Crippen molar-refractivity contribution in [1.82, 2.24) is 0 Å². The van der Waals surface area contributed by atoms with Crippen LogP contribution in [-0.2, 0) is 6.42 Å². The minimum atomic E-state index is -0.584. The van der Waals surface area contributed by atoms with Gasteiger partial charge in [0.1, 0.15) is 5.82 Å². The lowest BCUT2D eigenvalue weighted by Gasteiger charge is -2.11. The summed E-state index contributed by atoms with van der Waals surface area (Å²) in [5.74, 6) is -0.981. The third-order valence-corrected chi connectivity index (χ3v) is 3.08. The van der Waals surface area contributed by atoms with Crippen molar-refractivity contribution >= 4 is 17.3 Å². The van der Waals surface area contributed by atoms with Crippen molar-refractivity contribution in [2.75, 3.05) is 11.1 Å². The standard InChI is InChI=1S/C16H17FN2O/c1-2-6-11-7-3-4-10-14(11)19-16(20)12-8-5-9-13(17)15(12)18/h3-5,7-10H,2,6,18H2,1H3,(H,19,20). The molecule has 0 bridgehead atoms. The summed E-state index contributed by atoms with van der Waals surface area (Å²) in [4.78, 5) is 12.2. The predicted octanol–water partition coefficient (Wildman–Crippen LogP) is 3.61. The SMILES string of the molecule is CCCc1ccccc1NC(=O)c1cccc(F)c1N. The molecule has 2 rings (SSSR count). The summed E-state index contributed by atoms with van der Waals surface area (Å²) in [5.41, 5.74) is 7.41. The average Bonchev–Trinajstić information content (AvgIpc) is 2.44. The van der Waals surface area contributed by atoms with Crippen LogP contribution < -0.4 is 11.1 Å². The summed E-state index contributed by atoms with van der Waals surface area (Å²) in [6.45, 7) is 2.07. The molecule has 104 valence electrons. The highest BCUT2D eigenvalue weighted by atomic mass is 19.1. The maximum atomic E-state index is 13.4. The van der Waals surface area contributed by atoms with Gasteiger partial charge >= 0.3 is 0 Å². The van der Waals surface area contributed by atoms with Gasteiger partial charge in [0.2, 0.25) is 0 Å². The number of amides is 1. The van der Waals surface area contributed by atoms with Crippen LogP contribution in [-0.4, -0.2) is 5.91 Å². The van der Waals surface area contributed by atoms with Gasteiger partial charge in [0, 0.05) is 5.69 Å². The molecule has 0 radical (unpaired) electrons. The predicted molar refractivity (Wildman–Crippen MR) is 79.2 cm³/mol. The molecule has 0 aliphatic rings. The fraction of sp³-hybridized carbons (Fsp3) is 0.188. The summed E-state index contributed by atoms with van der Waals surface area (Å²) in [7, 11) is 0. The highest BCUT2D eigenvalue weighted by molar-refractivity contribution is 6.08. The van der Waals surface area contributed by atoms with Crippen LogP contribution in [0.25, 0.3) is 0 Å². The molecule has 0 saturated carbocycles. The van der Waals surface area contributed by atoms with Crippen molar-refractivity contribution in [3.05, 3.63) is 59.4 Å². The molecule has 0 spiro atoms. The van der Waals surface area contributed by atoms with Crippen molar-refractivity contribution in [2.45, 2.75) is 19.8 Å². The molecule has 1 amide bonds. The number of nitrogens with two attached hydrogens (primary N) is 1. The number of halogens is 1. The Hall–Kier alpha value is -2.36. The summed E-state index contributed by atoms with van der Waals surface area (Å²) in [6.07, 6.45) is 1.85. The van der Waals surface area contributed by atoms with Crippen molar-refractivity contribution < 1.29 is 9.18 Å². The van der Waals surface area contributed by atoms with Gasteiger partial charge in [-0.3, -0.25) is 4.79 Å². The van der Waals surface area contributed by atoms with Gasteiger partial charge in [0.15, 0.2) is 0 Å². The molecule has 0 saturated heterocycles. The Morgan fingerprint density at radius 1 is 1.20 bits per heavy atom. The molecule has 0 aliphatic carbocycles. The smallest absolute Gasteiger partial charge is 0.257 e. The van der Waals surface area contributed by atoms with Crippen LogP contribution in [0.15, 0.2) is 42.5 Å². The molecule has 3 N–H and O–H groups in total. The first-order valence-corrected chi connectivity index (χ1v) is 6.56. The first kappa shape index (κ1) is 14.1. The van der Waals surface area contributed by atoms with Crippen molar-refractivity contribution in [3.8, 4) is 0 Å². The summed E-state index contributed by atoms with van der Waals surface area (Å²) >= 11 is 0. The first-order valence-electron chi connectivity index (χ1n) is 6.56. The van der Waals surface area contributed by atoms with Crippen LogP contribution in [0.2, 0.25) is 0 Å². The third kappa shape index (κ3) is 2.96. The molecule has 2 aromatic carbocycles. The second-order valence-electron chi connectivity index (χ2n) is 4.56. The van der Waals surface area contributed by atoms with Crippen molar-refractivity contribution in [3.63, 3.8) is 0 Å². The Balaban J connectivity index is 2.26. The second kappa shape index (κ2) is 6.19. The number of anilines is 2. The number of hydrogen-bond donors (Lipinski definition) is 2. The van der Waals surface area contributed by atoms with E-state index in [0.29, 0.717) is 0 Å². The van der Waals surface area contributed by atoms with Crippen molar-refractivity contribution in [1.29, 1.82) is 0 Å². The molecule has 0 fully saturated rings. The summed E-state index contributed by atoms with van der Waals surface area (Å²) in [5, 5.41) is 2.79. The highest BCUT2D eigenvalue weighted by Gasteiger charge is 2.13. The van der Waals surface area contributed by atoms with Gasteiger partial charge in [0.05, 0.1) is 11.3 Å². The van der Waals surface area contributed by atoms with Gasteiger partial charge in [-0.1, -0.05) is 37.6 Å². The fourth-order valence-electron chi connectivity index (χ4n) is 2.05. The largest absolute Gasteiger partial charge is 0.396 e. The molecule has 3 nitrogen and oxygen atoms in total. The lowest BCUT2D eigenvalue weighted by atomic mass is 10.1. The minimum absolute atomic E-state index is 0.127. The molecule has 4 heteroatoms. The molecular weight excluding hydrogens is 255 g/mol. The lowest BCUT2D eigenvalue weighted by molar-refractivity contribution is 0.102. The number of nitrogen functional groups attached to an aromatic ring is 1. The topological polar surface area (TPSA) is 55.1 Å². The van der Waals surface area contributed by atoms with E-state index in [0.717, 1.165) is 24.1 Å². The van der Waals surface area contributed by atoms with Crippen LogP contribution in [0.5, 0.6) is 0 Å². The maximum absolute atomic E-state index is 13.4. The number of carbonyl (C=O) groups excluding carboxylic acids is 1.